The van der Waals surface area contributed by atoms with Crippen molar-refractivity contribution in [3.8, 4) is 22.9 Å². The minimum atomic E-state index is -0.986. The molecule has 1 aliphatic rings. The van der Waals surface area contributed by atoms with Gasteiger partial charge < -0.3 is 9.84 Å². The van der Waals surface area contributed by atoms with E-state index in [0.29, 0.717) is 29.2 Å². The lowest BCUT2D eigenvalue weighted by Gasteiger charge is -2.33. The Morgan fingerprint density at radius 1 is 1.31 bits per heavy atom. The molecule has 0 N–H and O–H groups in total. The van der Waals surface area contributed by atoms with Gasteiger partial charge in [-0.15, -0.1) is 0 Å². The Morgan fingerprint density at radius 2 is 2.06 bits per heavy atom. The summed E-state index contributed by atoms with van der Waals surface area (Å²) in [5, 5.41) is 29.3. The molecule has 1 aromatic heterocycles. The number of fused-ring (bicyclic) bond motifs is 3. The summed E-state index contributed by atoms with van der Waals surface area (Å²) < 4.78 is 7.15. The molecule has 32 heavy (non-hydrogen) atoms. The van der Waals surface area contributed by atoms with Gasteiger partial charge in [-0.3, -0.25) is 14.9 Å². The largest absolute Gasteiger partial charge is 0.854 e. The van der Waals surface area contributed by atoms with Crippen LogP contribution in [0.15, 0.2) is 47.6 Å². The number of para-hydroxylation sites is 1. The maximum atomic E-state index is 13.0. The third-order valence-electron chi connectivity index (χ3n) is 5.02. The van der Waals surface area contributed by atoms with E-state index in [1.165, 1.54) is 46.5 Å². The number of benzene rings is 2. The number of carbonyl (C=O) groups excluding carboxylic acids is 1. The maximum absolute atomic E-state index is 13.0. The van der Waals surface area contributed by atoms with Crippen LogP contribution in [0.5, 0.6) is 11.6 Å². The second-order valence-corrected chi connectivity index (χ2v) is 7.66. The van der Waals surface area contributed by atoms with Crippen LogP contribution in [0, 0.1) is 10.1 Å². The monoisotopic (exact) mass is 453 g/mol. The Bertz CT molecular complexity index is 1240. The van der Waals surface area contributed by atoms with Gasteiger partial charge in [0.05, 0.1) is 34.2 Å². The third kappa shape index (κ3) is 3.50. The number of nitrogens with zero attached hydrogens (tertiary/aromatic N) is 5. The lowest BCUT2D eigenvalue weighted by atomic mass is 10.0. The van der Waals surface area contributed by atoms with Gasteiger partial charge in [0.15, 0.2) is 0 Å². The first-order valence-corrected chi connectivity index (χ1v) is 10.9. The van der Waals surface area contributed by atoms with Gasteiger partial charge in [-0.25, -0.2) is 9.88 Å². The van der Waals surface area contributed by atoms with Crippen molar-refractivity contribution >= 4 is 29.0 Å². The molecule has 0 aliphatic carbocycles. The number of amides is 1. The number of rotatable bonds is 5. The van der Waals surface area contributed by atoms with E-state index in [2.05, 4.69) is 10.1 Å². The van der Waals surface area contributed by atoms with Gasteiger partial charge >= 0.3 is 0 Å². The van der Waals surface area contributed by atoms with E-state index in [1.54, 1.807) is 37.4 Å². The van der Waals surface area contributed by atoms with Crippen molar-refractivity contribution in [3.05, 3.63) is 58.1 Å². The van der Waals surface area contributed by atoms with Crippen molar-refractivity contribution in [2.24, 2.45) is 0 Å². The molecule has 1 atom stereocenters. The lowest BCUT2D eigenvalue weighted by Crippen LogP contribution is -2.58. The van der Waals surface area contributed by atoms with Crippen molar-refractivity contribution in [3.63, 3.8) is 0 Å². The molecule has 2 aromatic carbocycles. The summed E-state index contributed by atoms with van der Waals surface area (Å²) in [5.41, 5.74) is 1.34. The van der Waals surface area contributed by atoms with E-state index in [4.69, 9.17) is 4.74 Å². The molecule has 0 radical (unpaired) electrons. The maximum Gasteiger partial charge on any atom is 0.296 e. The normalized spacial score (nSPS) is 14.5. The number of anilines is 1. The van der Waals surface area contributed by atoms with Crippen LogP contribution in [0.4, 0.5) is 11.4 Å². The van der Waals surface area contributed by atoms with Gasteiger partial charge in [0.2, 0.25) is 5.91 Å². The third-order valence-corrected chi connectivity index (χ3v) is 5.56. The minimum Gasteiger partial charge on any atom is -0.854 e. The first-order valence-electron chi connectivity index (χ1n) is 9.72. The molecule has 4 rings (SSSR count). The second-order valence-electron chi connectivity index (χ2n) is 6.89. The average molecular weight is 453 g/mol. The number of aromatic nitrogens is 3. The number of non-ortho nitro benzene ring substituents is 1. The molecule has 164 valence electrons. The van der Waals surface area contributed by atoms with Crippen molar-refractivity contribution in [1.82, 2.24) is 10.1 Å². The zero-order chi connectivity index (χ0) is 23.0. The summed E-state index contributed by atoms with van der Waals surface area (Å²) in [4.78, 5) is 29.4. The zero-order valence-corrected chi connectivity index (χ0v) is 18.3. The van der Waals surface area contributed by atoms with Crippen LogP contribution in [0.25, 0.3) is 11.3 Å². The topological polar surface area (TPSA) is 125 Å². The highest BCUT2D eigenvalue weighted by Crippen LogP contribution is 2.43. The first kappa shape index (κ1) is 21.5. The van der Waals surface area contributed by atoms with Gasteiger partial charge in [-0.05, 0) is 31.4 Å². The quantitative estimate of drug-likeness (QED) is 0.250. The molecular weight excluding hydrogens is 434 g/mol. The summed E-state index contributed by atoms with van der Waals surface area (Å²) in [6.45, 7) is 3.48. The van der Waals surface area contributed by atoms with Crippen LogP contribution in [0.2, 0.25) is 0 Å². The number of nitro groups is 1. The molecule has 0 saturated carbocycles. The van der Waals surface area contributed by atoms with Gasteiger partial charge in [0.1, 0.15) is 5.75 Å². The van der Waals surface area contributed by atoms with Crippen LogP contribution >= 0.6 is 11.8 Å². The molecule has 2 heterocycles. The Labute approximate surface area is 187 Å². The Hall–Kier alpha value is -3.73. The molecule has 0 bridgehead atoms. The zero-order valence-electron chi connectivity index (χ0n) is 17.5. The van der Waals surface area contributed by atoms with Crippen LogP contribution in [0.1, 0.15) is 25.6 Å². The van der Waals surface area contributed by atoms with Gasteiger partial charge in [0.25, 0.3) is 22.7 Å². The predicted octanol–water partition coefficient (Wildman–Crippen LogP) is 2.45. The highest BCUT2D eigenvalue weighted by atomic mass is 32.2. The summed E-state index contributed by atoms with van der Waals surface area (Å²) >= 11 is 1.18. The van der Waals surface area contributed by atoms with E-state index in [9.17, 15) is 20.0 Å². The van der Waals surface area contributed by atoms with E-state index < -0.39 is 17.0 Å². The van der Waals surface area contributed by atoms with Crippen LogP contribution in [-0.4, -0.2) is 33.8 Å². The van der Waals surface area contributed by atoms with Crippen molar-refractivity contribution in [2.75, 3.05) is 17.8 Å². The lowest BCUT2D eigenvalue weighted by molar-refractivity contribution is -0.764. The van der Waals surface area contributed by atoms with Crippen molar-refractivity contribution in [2.45, 2.75) is 25.2 Å². The van der Waals surface area contributed by atoms with Crippen LogP contribution < -0.4 is 19.4 Å². The number of ether oxygens (including phenoxy) is 1. The number of carbonyl (C=O) groups is 1. The number of hydrogen-bond donors (Lipinski definition) is 0. The number of thioether (sulfide) groups is 1. The highest BCUT2D eigenvalue weighted by Gasteiger charge is 2.45. The molecule has 0 fully saturated rings. The van der Waals surface area contributed by atoms with Gasteiger partial charge in [0, 0.05) is 24.2 Å². The fraction of sp³-hybridized carbons (Fsp3) is 0.238. The molecule has 0 spiro atoms. The van der Waals surface area contributed by atoms with Crippen molar-refractivity contribution < 1.29 is 24.2 Å². The fourth-order valence-corrected chi connectivity index (χ4v) is 4.12. The predicted molar refractivity (Wildman–Crippen MR) is 114 cm³/mol. The standard InChI is InChI=1S/C21H19N5O5S/c1-4-31-17-10-9-13(26(29)30)11-15(17)20-24(12(2)27)16-8-6-5-7-14(16)18-19(28)22-21(32-3)23-25(18)20/h5-11,20H,4H2,1-3H3. The van der Waals surface area contributed by atoms with E-state index in [-0.39, 0.29) is 22.4 Å². The number of hydrogen-bond acceptors (Lipinski definition) is 8. The Balaban J connectivity index is 2.10. The molecule has 11 heteroatoms. The molecule has 1 unspecified atom stereocenters. The smallest absolute Gasteiger partial charge is 0.296 e. The average Bonchev–Trinajstić information content (AvgIpc) is 2.77. The van der Waals surface area contributed by atoms with E-state index in [0.717, 1.165) is 0 Å². The van der Waals surface area contributed by atoms with E-state index in [1.807, 2.05) is 0 Å². The number of nitro benzene ring substituents is 1. The second kappa shape index (κ2) is 8.42. The Kier molecular flexibility index (Phi) is 5.66. The first-order chi connectivity index (χ1) is 15.4. The molecule has 1 aliphatic heterocycles. The minimum absolute atomic E-state index is 0.172. The van der Waals surface area contributed by atoms with Gasteiger partial charge in [-0.1, -0.05) is 28.6 Å². The van der Waals surface area contributed by atoms with Gasteiger partial charge in [-0.2, -0.15) is 0 Å². The summed E-state index contributed by atoms with van der Waals surface area (Å²) in [6, 6.07) is 11.1. The highest BCUT2D eigenvalue weighted by molar-refractivity contribution is 7.98. The molecule has 10 nitrogen and oxygen atoms in total. The SMILES string of the molecule is CCOc1ccc([N+](=O)[O-])cc1C1N(C(C)=O)c2ccccc2-c2c([O-])nc(SC)n[n+]21. The summed E-state index contributed by atoms with van der Waals surface area (Å²) in [7, 11) is 0. The molecule has 1 amide bonds. The van der Waals surface area contributed by atoms with Crippen LogP contribution in [-0.2, 0) is 4.79 Å². The van der Waals surface area contributed by atoms with Crippen LogP contribution in [0.3, 0.4) is 0 Å². The fourth-order valence-electron chi connectivity index (χ4n) is 3.78. The van der Waals surface area contributed by atoms with E-state index >= 15 is 0 Å². The summed E-state index contributed by atoms with van der Waals surface area (Å²) in [6.07, 6.45) is 0.746. The molecular formula is C21H19N5O5S. The molecule has 3 aromatic rings. The summed E-state index contributed by atoms with van der Waals surface area (Å²) in [5.74, 6) is -0.483. The van der Waals surface area contributed by atoms with Crippen molar-refractivity contribution in [1.29, 1.82) is 0 Å². The Morgan fingerprint density at radius 3 is 2.72 bits per heavy atom. The molecule has 0 saturated heterocycles.